The van der Waals surface area contributed by atoms with Crippen molar-refractivity contribution in [2.45, 2.75) is 11.4 Å². The van der Waals surface area contributed by atoms with Crippen LogP contribution in [0.3, 0.4) is 0 Å². The maximum absolute atomic E-state index is 12.8. The first-order valence-corrected chi connectivity index (χ1v) is 11.4. The van der Waals surface area contributed by atoms with Gasteiger partial charge in [0.2, 0.25) is 0 Å². The molecule has 9 heteroatoms. The van der Waals surface area contributed by atoms with Gasteiger partial charge in [-0.15, -0.1) is 0 Å². The molecule has 0 aliphatic heterocycles. The second kappa shape index (κ2) is 9.93. The molecule has 0 aliphatic rings. The van der Waals surface area contributed by atoms with Gasteiger partial charge in [-0.05, 0) is 66.2 Å². The number of hydrogen-bond donors (Lipinski definition) is 1. The Hall–Kier alpha value is -3.23. The zero-order valence-electron chi connectivity index (χ0n) is 17.8. The number of halogens is 1. The standard InChI is InChI=1S/C23H23ClN2O5S/c1-26(32(28,29)20-11-7-18(24)8-12-20)19-9-5-17(6-10-19)23(27)25-15-16-4-13-21(30-2)22(14-16)31-3/h4-14H,15H2,1-3H3,(H,25,27). The van der Waals surface area contributed by atoms with Crippen LogP contribution in [0.1, 0.15) is 15.9 Å². The highest BCUT2D eigenvalue weighted by Crippen LogP contribution is 2.27. The number of hydrogen-bond acceptors (Lipinski definition) is 5. The van der Waals surface area contributed by atoms with E-state index in [-0.39, 0.29) is 10.8 Å². The number of ether oxygens (including phenoxy) is 2. The summed E-state index contributed by atoms with van der Waals surface area (Å²) >= 11 is 5.84. The van der Waals surface area contributed by atoms with E-state index in [9.17, 15) is 13.2 Å². The number of rotatable bonds is 8. The highest BCUT2D eigenvalue weighted by atomic mass is 35.5. The minimum Gasteiger partial charge on any atom is -0.493 e. The number of carbonyl (C=O) groups excluding carboxylic acids is 1. The smallest absolute Gasteiger partial charge is 0.264 e. The largest absolute Gasteiger partial charge is 0.493 e. The average Bonchev–Trinajstić information content (AvgIpc) is 2.82. The van der Waals surface area contributed by atoms with Crippen LogP contribution in [0, 0.1) is 0 Å². The van der Waals surface area contributed by atoms with Gasteiger partial charge in [0, 0.05) is 24.2 Å². The SMILES string of the molecule is COc1ccc(CNC(=O)c2ccc(N(C)S(=O)(=O)c3ccc(Cl)cc3)cc2)cc1OC. The Kier molecular flexibility index (Phi) is 7.27. The average molecular weight is 475 g/mol. The maximum Gasteiger partial charge on any atom is 0.264 e. The molecule has 1 N–H and O–H groups in total. The van der Waals surface area contributed by atoms with E-state index in [1.165, 1.54) is 31.3 Å². The van der Waals surface area contributed by atoms with E-state index in [4.69, 9.17) is 21.1 Å². The van der Waals surface area contributed by atoms with Gasteiger partial charge in [-0.25, -0.2) is 8.42 Å². The quantitative estimate of drug-likeness (QED) is 0.531. The second-order valence-corrected chi connectivity index (χ2v) is 9.25. The van der Waals surface area contributed by atoms with Gasteiger partial charge in [0.15, 0.2) is 11.5 Å². The predicted octanol–water partition coefficient (Wildman–Crippen LogP) is 4.11. The van der Waals surface area contributed by atoms with Gasteiger partial charge in [-0.2, -0.15) is 0 Å². The molecule has 0 saturated heterocycles. The fourth-order valence-corrected chi connectivity index (χ4v) is 4.32. The molecule has 0 atom stereocenters. The molecule has 0 heterocycles. The first-order valence-electron chi connectivity index (χ1n) is 9.60. The van der Waals surface area contributed by atoms with Crippen molar-refractivity contribution in [3.8, 4) is 11.5 Å². The molecule has 0 spiro atoms. The molecule has 7 nitrogen and oxygen atoms in total. The second-order valence-electron chi connectivity index (χ2n) is 6.85. The number of anilines is 1. The number of amides is 1. The molecular weight excluding hydrogens is 452 g/mol. The molecule has 32 heavy (non-hydrogen) atoms. The minimum absolute atomic E-state index is 0.126. The summed E-state index contributed by atoms with van der Waals surface area (Å²) in [5.74, 6) is 0.902. The number of methoxy groups -OCH3 is 2. The summed E-state index contributed by atoms with van der Waals surface area (Å²) in [6, 6.07) is 17.7. The summed E-state index contributed by atoms with van der Waals surface area (Å²) in [5.41, 5.74) is 1.68. The number of nitrogens with one attached hydrogen (secondary N) is 1. The van der Waals surface area contributed by atoms with E-state index in [0.29, 0.717) is 34.3 Å². The van der Waals surface area contributed by atoms with Crippen molar-refractivity contribution in [2.24, 2.45) is 0 Å². The van der Waals surface area contributed by atoms with Crippen LogP contribution >= 0.6 is 11.6 Å². The first-order chi connectivity index (χ1) is 15.3. The minimum atomic E-state index is -3.75. The predicted molar refractivity (Wildman–Crippen MR) is 124 cm³/mol. The lowest BCUT2D eigenvalue weighted by Gasteiger charge is -2.20. The van der Waals surface area contributed by atoms with Crippen molar-refractivity contribution in [1.29, 1.82) is 0 Å². The fraction of sp³-hybridized carbons (Fsp3) is 0.174. The summed E-state index contributed by atoms with van der Waals surface area (Å²) in [5, 5.41) is 3.29. The fourth-order valence-electron chi connectivity index (χ4n) is 3.00. The Bertz CT molecular complexity index is 1200. The van der Waals surface area contributed by atoms with Gasteiger partial charge in [-0.3, -0.25) is 9.10 Å². The van der Waals surface area contributed by atoms with Crippen LogP contribution in [0.4, 0.5) is 5.69 Å². The van der Waals surface area contributed by atoms with Gasteiger partial charge in [-0.1, -0.05) is 17.7 Å². The van der Waals surface area contributed by atoms with Gasteiger partial charge >= 0.3 is 0 Å². The van der Waals surface area contributed by atoms with Gasteiger partial charge in [0.25, 0.3) is 15.9 Å². The van der Waals surface area contributed by atoms with E-state index in [0.717, 1.165) is 9.87 Å². The summed E-state index contributed by atoms with van der Waals surface area (Å²) in [6.07, 6.45) is 0. The molecule has 3 rings (SSSR count). The van der Waals surface area contributed by atoms with Crippen molar-refractivity contribution in [1.82, 2.24) is 5.32 Å². The van der Waals surface area contributed by atoms with Crippen LogP contribution in [0.5, 0.6) is 11.5 Å². The van der Waals surface area contributed by atoms with Crippen LogP contribution in [-0.2, 0) is 16.6 Å². The van der Waals surface area contributed by atoms with E-state index in [1.807, 2.05) is 6.07 Å². The summed E-state index contributed by atoms with van der Waals surface area (Å²) in [4.78, 5) is 12.6. The van der Waals surface area contributed by atoms with E-state index in [1.54, 1.807) is 50.6 Å². The molecule has 3 aromatic rings. The third kappa shape index (κ3) is 5.15. The number of carbonyl (C=O) groups is 1. The number of sulfonamides is 1. The van der Waals surface area contributed by atoms with Crippen molar-refractivity contribution < 1.29 is 22.7 Å². The normalized spacial score (nSPS) is 11.0. The summed E-state index contributed by atoms with van der Waals surface area (Å²) in [7, 11) is 0.810. The molecule has 168 valence electrons. The van der Waals surface area contributed by atoms with E-state index in [2.05, 4.69) is 5.32 Å². The van der Waals surface area contributed by atoms with Crippen molar-refractivity contribution in [3.05, 3.63) is 82.9 Å². The molecule has 0 bridgehead atoms. The Morgan fingerprint density at radius 3 is 2.16 bits per heavy atom. The molecule has 0 saturated carbocycles. The molecule has 0 radical (unpaired) electrons. The molecule has 0 aromatic heterocycles. The molecule has 0 aliphatic carbocycles. The van der Waals surface area contributed by atoms with Crippen LogP contribution in [0.25, 0.3) is 0 Å². The lowest BCUT2D eigenvalue weighted by atomic mass is 10.1. The topological polar surface area (TPSA) is 84.9 Å². The molecule has 0 unspecified atom stereocenters. The van der Waals surface area contributed by atoms with E-state index < -0.39 is 10.0 Å². The van der Waals surface area contributed by atoms with Gasteiger partial charge in [0.05, 0.1) is 24.8 Å². The molecular formula is C23H23ClN2O5S. The van der Waals surface area contributed by atoms with Crippen molar-refractivity contribution in [2.75, 3.05) is 25.6 Å². The van der Waals surface area contributed by atoms with Crippen LogP contribution in [-0.4, -0.2) is 35.6 Å². The first kappa shape index (κ1) is 23.4. The Balaban J connectivity index is 1.68. The van der Waals surface area contributed by atoms with Gasteiger partial charge < -0.3 is 14.8 Å². The Morgan fingerprint density at radius 2 is 1.56 bits per heavy atom. The van der Waals surface area contributed by atoms with Crippen LogP contribution < -0.4 is 19.1 Å². The summed E-state index contributed by atoms with van der Waals surface area (Å²) in [6.45, 7) is 0.297. The van der Waals surface area contributed by atoms with Gasteiger partial charge in [0.1, 0.15) is 0 Å². The highest BCUT2D eigenvalue weighted by Gasteiger charge is 2.21. The maximum atomic E-state index is 12.8. The monoisotopic (exact) mass is 474 g/mol. The molecule has 1 amide bonds. The van der Waals surface area contributed by atoms with Crippen molar-refractivity contribution in [3.63, 3.8) is 0 Å². The third-order valence-corrected chi connectivity index (χ3v) is 6.92. The Morgan fingerprint density at radius 1 is 0.938 bits per heavy atom. The molecule has 0 fully saturated rings. The van der Waals surface area contributed by atoms with Crippen molar-refractivity contribution >= 4 is 33.2 Å². The third-order valence-electron chi connectivity index (χ3n) is 4.87. The van der Waals surface area contributed by atoms with E-state index >= 15 is 0 Å². The highest BCUT2D eigenvalue weighted by molar-refractivity contribution is 7.92. The molecule has 3 aromatic carbocycles. The Labute approximate surface area is 192 Å². The zero-order chi connectivity index (χ0) is 23.3. The van der Waals surface area contributed by atoms with Crippen LogP contribution in [0.15, 0.2) is 71.6 Å². The lowest BCUT2D eigenvalue weighted by molar-refractivity contribution is 0.0951. The zero-order valence-corrected chi connectivity index (χ0v) is 19.4. The summed E-state index contributed by atoms with van der Waals surface area (Å²) < 4.78 is 37.2. The lowest BCUT2D eigenvalue weighted by Crippen LogP contribution is -2.27. The van der Waals surface area contributed by atoms with Crippen LogP contribution in [0.2, 0.25) is 5.02 Å². The number of benzene rings is 3. The number of nitrogens with zero attached hydrogens (tertiary/aromatic N) is 1.